The molecule has 1 aromatic carbocycles. The largest absolute Gasteiger partial charge is 0.340 e. The smallest absolute Gasteiger partial charge is 0.224 e. The number of benzene rings is 1. The van der Waals surface area contributed by atoms with Crippen LogP contribution in [0.5, 0.6) is 0 Å². The van der Waals surface area contributed by atoms with Gasteiger partial charge in [-0.2, -0.15) is 5.10 Å². The van der Waals surface area contributed by atoms with Gasteiger partial charge in [0.05, 0.1) is 10.7 Å². The first-order valence-electron chi connectivity index (χ1n) is 8.35. The van der Waals surface area contributed by atoms with Crippen molar-refractivity contribution in [3.8, 4) is 0 Å². The van der Waals surface area contributed by atoms with Crippen molar-refractivity contribution in [3.63, 3.8) is 0 Å². The van der Waals surface area contributed by atoms with Crippen LogP contribution in [0.15, 0.2) is 41.0 Å². The number of piperazine rings is 1. The van der Waals surface area contributed by atoms with Crippen molar-refractivity contribution in [1.29, 1.82) is 0 Å². The zero-order valence-corrected chi connectivity index (χ0v) is 15.6. The fourth-order valence-corrected chi connectivity index (χ4v) is 3.30. The number of hydrogen-bond donors (Lipinski definition) is 0. The molecule has 3 rings (SSSR count). The number of halogens is 1. The van der Waals surface area contributed by atoms with Crippen LogP contribution in [0.4, 0.5) is 0 Å². The standard InChI is InChI=1S/C18H23BrN4O/c1-15-17(19)13-20-23(15)8-7-18(24)22-11-9-21(10-12-22)14-16-5-3-2-4-6-16/h2-6,13H,7-12,14H2,1H3. The fourth-order valence-electron chi connectivity index (χ4n) is 3.01. The predicted octanol–water partition coefficient (Wildman–Crippen LogP) is 2.69. The van der Waals surface area contributed by atoms with E-state index >= 15 is 0 Å². The molecule has 0 bridgehead atoms. The zero-order valence-electron chi connectivity index (χ0n) is 14.0. The van der Waals surface area contributed by atoms with E-state index in [2.05, 4.69) is 50.2 Å². The van der Waals surface area contributed by atoms with Crippen molar-refractivity contribution >= 4 is 21.8 Å². The second-order valence-electron chi connectivity index (χ2n) is 6.19. The van der Waals surface area contributed by atoms with E-state index in [1.807, 2.05) is 22.6 Å². The lowest BCUT2D eigenvalue weighted by molar-refractivity contribution is -0.133. The highest BCUT2D eigenvalue weighted by Gasteiger charge is 2.21. The van der Waals surface area contributed by atoms with Gasteiger partial charge in [-0.3, -0.25) is 14.4 Å². The Bertz CT molecular complexity index is 678. The van der Waals surface area contributed by atoms with Gasteiger partial charge in [0, 0.05) is 51.4 Å². The number of amides is 1. The number of hydrogen-bond acceptors (Lipinski definition) is 3. The Morgan fingerprint density at radius 2 is 1.88 bits per heavy atom. The Morgan fingerprint density at radius 3 is 2.50 bits per heavy atom. The van der Waals surface area contributed by atoms with Gasteiger partial charge in [-0.15, -0.1) is 0 Å². The van der Waals surface area contributed by atoms with Crippen molar-refractivity contribution in [2.24, 2.45) is 0 Å². The third kappa shape index (κ3) is 4.24. The molecule has 0 radical (unpaired) electrons. The molecule has 5 nitrogen and oxygen atoms in total. The number of aromatic nitrogens is 2. The van der Waals surface area contributed by atoms with Crippen LogP contribution in [-0.2, 0) is 17.9 Å². The molecule has 24 heavy (non-hydrogen) atoms. The number of carbonyl (C=O) groups is 1. The second kappa shape index (κ2) is 7.94. The highest BCUT2D eigenvalue weighted by atomic mass is 79.9. The van der Waals surface area contributed by atoms with Gasteiger partial charge in [0.15, 0.2) is 0 Å². The highest BCUT2D eigenvalue weighted by Crippen LogP contribution is 2.15. The number of nitrogens with zero attached hydrogens (tertiary/aromatic N) is 4. The average Bonchev–Trinajstić information content (AvgIpc) is 2.93. The number of carbonyl (C=O) groups excluding carboxylic acids is 1. The molecule has 1 aromatic heterocycles. The maximum atomic E-state index is 12.4. The molecule has 1 saturated heterocycles. The highest BCUT2D eigenvalue weighted by molar-refractivity contribution is 9.10. The first kappa shape index (κ1) is 17.2. The molecule has 2 heterocycles. The maximum Gasteiger partial charge on any atom is 0.224 e. The quantitative estimate of drug-likeness (QED) is 0.787. The molecular weight excluding hydrogens is 368 g/mol. The van der Waals surface area contributed by atoms with E-state index in [9.17, 15) is 4.79 Å². The number of rotatable bonds is 5. The Hall–Kier alpha value is -1.66. The summed E-state index contributed by atoms with van der Waals surface area (Å²) in [6, 6.07) is 10.5. The molecule has 0 unspecified atom stereocenters. The summed E-state index contributed by atoms with van der Waals surface area (Å²) in [7, 11) is 0. The van der Waals surface area contributed by atoms with Crippen LogP contribution in [-0.4, -0.2) is 51.7 Å². The van der Waals surface area contributed by atoms with Gasteiger partial charge >= 0.3 is 0 Å². The van der Waals surface area contributed by atoms with E-state index in [1.54, 1.807) is 6.20 Å². The molecule has 0 spiro atoms. The van der Waals surface area contributed by atoms with Crippen LogP contribution >= 0.6 is 15.9 Å². The molecule has 6 heteroatoms. The van der Waals surface area contributed by atoms with Crippen molar-refractivity contribution in [2.75, 3.05) is 26.2 Å². The van der Waals surface area contributed by atoms with E-state index in [-0.39, 0.29) is 5.91 Å². The van der Waals surface area contributed by atoms with E-state index < -0.39 is 0 Å². The van der Waals surface area contributed by atoms with Crippen molar-refractivity contribution in [2.45, 2.75) is 26.4 Å². The molecule has 1 fully saturated rings. The molecule has 128 valence electrons. The summed E-state index contributed by atoms with van der Waals surface area (Å²) in [5.41, 5.74) is 2.40. The minimum atomic E-state index is 0.223. The van der Waals surface area contributed by atoms with Gasteiger partial charge in [0.1, 0.15) is 0 Å². The van der Waals surface area contributed by atoms with Gasteiger partial charge in [-0.25, -0.2) is 0 Å². The fraction of sp³-hybridized carbons (Fsp3) is 0.444. The van der Waals surface area contributed by atoms with Gasteiger partial charge in [0.2, 0.25) is 5.91 Å². The summed E-state index contributed by atoms with van der Waals surface area (Å²) in [6.07, 6.45) is 2.29. The zero-order chi connectivity index (χ0) is 16.9. The van der Waals surface area contributed by atoms with E-state index in [0.29, 0.717) is 13.0 Å². The topological polar surface area (TPSA) is 41.4 Å². The lowest BCUT2D eigenvalue weighted by Crippen LogP contribution is -2.48. The van der Waals surface area contributed by atoms with E-state index in [0.717, 1.165) is 42.9 Å². The van der Waals surface area contributed by atoms with Crippen LogP contribution in [0, 0.1) is 6.92 Å². The lowest BCUT2D eigenvalue weighted by Gasteiger charge is -2.34. The van der Waals surface area contributed by atoms with Gasteiger partial charge < -0.3 is 4.90 Å². The van der Waals surface area contributed by atoms with Crippen LogP contribution in [0.25, 0.3) is 0 Å². The molecule has 1 amide bonds. The molecule has 1 aliphatic heterocycles. The molecule has 0 aliphatic carbocycles. The summed E-state index contributed by atoms with van der Waals surface area (Å²) >= 11 is 3.45. The summed E-state index contributed by atoms with van der Waals surface area (Å²) in [5, 5.41) is 4.28. The lowest BCUT2D eigenvalue weighted by atomic mass is 10.2. The Balaban J connectivity index is 1.44. The summed E-state index contributed by atoms with van der Waals surface area (Å²) < 4.78 is 2.87. The van der Waals surface area contributed by atoms with Crippen LogP contribution in [0.1, 0.15) is 17.7 Å². The summed E-state index contributed by atoms with van der Waals surface area (Å²) in [5.74, 6) is 0.223. The Morgan fingerprint density at radius 1 is 1.17 bits per heavy atom. The number of aryl methyl sites for hydroxylation is 1. The maximum absolute atomic E-state index is 12.4. The van der Waals surface area contributed by atoms with Crippen molar-refractivity contribution in [3.05, 3.63) is 52.3 Å². The molecule has 0 saturated carbocycles. The van der Waals surface area contributed by atoms with Crippen molar-refractivity contribution in [1.82, 2.24) is 19.6 Å². The minimum Gasteiger partial charge on any atom is -0.340 e. The predicted molar refractivity (Wildman–Crippen MR) is 97.6 cm³/mol. The first-order chi connectivity index (χ1) is 11.6. The molecule has 0 N–H and O–H groups in total. The van der Waals surface area contributed by atoms with Gasteiger partial charge in [0.25, 0.3) is 0 Å². The monoisotopic (exact) mass is 390 g/mol. The average molecular weight is 391 g/mol. The minimum absolute atomic E-state index is 0.223. The van der Waals surface area contributed by atoms with Crippen LogP contribution in [0.3, 0.4) is 0 Å². The second-order valence-corrected chi connectivity index (χ2v) is 7.05. The van der Waals surface area contributed by atoms with E-state index in [4.69, 9.17) is 0 Å². The normalized spacial score (nSPS) is 15.7. The third-order valence-electron chi connectivity index (χ3n) is 4.55. The molecule has 2 aromatic rings. The Kier molecular flexibility index (Phi) is 5.68. The molecule has 1 aliphatic rings. The summed E-state index contributed by atoms with van der Waals surface area (Å²) in [6.45, 7) is 7.11. The van der Waals surface area contributed by atoms with Crippen LogP contribution in [0.2, 0.25) is 0 Å². The molecule has 0 atom stereocenters. The van der Waals surface area contributed by atoms with Gasteiger partial charge in [-0.1, -0.05) is 30.3 Å². The summed E-state index contributed by atoms with van der Waals surface area (Å²) in [4.78, 5) is 16.8. The van der Waals surface area contributed by atoms with Crippen molar-refractivity contribution < 1.29 is 4.79 Å². The van der Waals surface area contributed by atoms with Gasteiger partial charge in [-0.05, 0) is 28.4 Å². The van der Waals surface area contributed by atoms with E-state index in [1.165, 1.54) is 5.56 Å². The Labute approximate surface area is 151 Å². The third-order valence-corrected chi connectivity index (χ3v) is 5.33. The first-order valence-corrected chi connectivity index (χ1v) is 9.15. The van der Waals surface area contributed by atoms with Crippen LogP contribution < -0.4 is 0 Å². The SMILES string of the molecule is Cc1c(Br)cnn1CCC(=O)N1CCN(Cc2ccccc2)CC1. The molecular formula is C18H23BrN4O.